The Balaban J connectivity index is 1.17. The summed E-state index contributed by atoms with van der Waals surface area (Å²) in [6, 6.07) is 13.3. The number of likely N-dealkylation sites (tertiary alicyclic amines) is 1. The molecule has 9 nitrogen and oxygen atoms in total. The quantitative estimate of drug-likeness (QED) is 0.140. The molecule has 52 heavy (non-hydrogen) atoms. The van der Waals surface area contributed by atoms with Crippen LogP contribution in [0.2, 0.25) is 0 Å². The number of anilines is 1. The number of hydrogen-bond acceptors (Lipinski definition) is 8. The van der Waals surface area contributed by atoms with Crippen molar-refractivity contribution >= 4 is 39.5 Å². The Hall–Kier alpha value is -5.54. The van der Waals surface area contributed by atoms with E-state index in [2.05, 4.69) is 25.8 Å². The third kappa shape index (κ3) is 5.98. The summed E-state index contributed by atoms with van der Waals surface area (Å²) in [4.78, 5) is 37.1. The van der Waals surface area contributed by atoms with Gasteiger partial charge in [0.05, 0.1) is 22.2 Å². The Morgan fingerprint density at radius 2 is 2.00 bits per heavy atom. The lowest BCUT2D eigenvalue weighted by molar-refractivity contribution is -0.124. The number of ether oxygens (including phenoxy) is 1. The number of rotatable bonds is 8. The number of aromatic nitrogens is 4. The number of pyridine rings is 2. The molecule has 0 radical (unpaired) electrons. The molecule has 3 aliphatic rings. The summed E-state index contributed by atoms with van der Waals surface area (Å²) in [5, 5.41) is 1.34. The highest BCUT2D eigenvalue weighted by Crippen LogP contribution is 2.41. The van der Waals surface area contributed by atoms with Crippen molar-refractivity contribution in [2.24, 2.45) is 0 Å². The number of nitrogens with zero attached hydrogens (tertiary/aromatic N) is 7. The predicted octanol–water partition coefficient (Wildman–Crippen LogP) is 6.21. The zero-order valence-corrected chi connectivity index (χ0v) is 28.6. The molecule has 3 atom stereocenters. The van der Waals surface area contributed by atoms with Gasteiger partial charge in [0.15, 0.2) is 5.82 Å². The van der Waals surface area contributed by atoms with Crippen LogP contribution in [0.4, 0.5) is 19.0 Å². The SMILES string of the molecule is C#Cc1c(F)ccc2cccc(-c3ncc4c(N(C)[C@@H]5CCN(C(=O)/C=C/c6ccccn6)C5)nc(OC[C@@]56CCCN5C[C@H](F)C6)nc4c3F)c12. The van der Waals surface area contributed by atoms with Crippen LogP contribution in [0.15, 0.2) is 67.0 Å². The summed E-state index contributed by atoms with van der Waals surface area (Å²) >= 11 is 0. The summed E-state index contributed by atoms with van der Waals surface area (Å²) in [5.41, 5.74) is 0.463. The number of benzene rings is 2. The largest absolute Gasteiger partial charge is 0.461 e. The molecule has 6 heterocycles. The monoisotopic (exact) mass is 703 g/mol. The van der Waals surface area contributed by atoms with Crippen molar-refractivity contribution in [3.8, 4) is 29.6 Å². The highest BCUT2D eigenvalue weighted by Gasteiger charge is 2.49. The first-order chi connectivity index (χ1) is 25.2. The molecule has 5 aromatic rings. The fourth-order valence-electron chi connectivity index (χ4n) is 8.05. The summed E-state index contributed by atoms with van der Waals surface area (Å²) < 4.78 is 52.6. The minimum Gasteiger partial charge on any atom is -0.461 e. The number of amides is 1. The number of halogens is 3. The number of fused-ring (bicyclic) bond motifs is 3. The van der Waals surface area contributed by atoms with E-state index in [-0.39, 0.29) is 41.3 Å². The second-order valence-corrected chi connectivity index (χ2v) is 13.8. The van der Waals surface area contributed by atoms with Gasteiger partial charge in [0.2, 0.25) is 5.91 Å². The van der Waals surface area contributed by atoms with Crippen LogP contribution < -0.4 is 9.64 Å². The average molecular weight is 704 g/mol. The van der Waals surface area contributed by atoms with Crippen LogP contribution in [-0.4, -0.2) is 93.2 Å². The van der Waals surface area contributed by atoms with Crippen LogP contribution in [0.3, 0.4) is 0 Å². The van der Waals surface area contributed by atoms with Gasteiger partial charge in [-0.15, -0.1) is 6.42 Å². The maximum Gasteiger partial charge on any atom is 0.319 e. The molecule has 0 bridgehead atoms. The zero-order chi connectivity index (χ0) is 36.0. The number of carbonyl (C=O) groups is 1. The first-order valence-corrected chi connectivity index (χ1v) is 17.4. The molecule has 2 aromatic carbocycles. The Morgan fingerprint density at radius 1 is 1.12 bits per heavy atom. The Morgan fingerprint density at radius 3 is 2.83 bits per heavy atom. The van der Waals surface area contributed by atoms with Crippen LogP contribution in [0.1, 0.15) is 36.9 Å². The van der Waals surface area contributed by atoms with Gasteiger partial charge in [-0.05, 0) is 55.5 Å². The molecule has 3 saturated heterocycles. The van der Waals surface area contributed by atoms with Crippen LogP contribution >= 0.6 is 0 Å². The average Bonchev–Trinajstić information content (AvgIpc) is 3.88. The molecule has 0 spiro atoms. The molecule has 3 fully saturated rings. The maximum atomic E-state index is 16.9. The van der Waals surface area contributed by atoms with Crippen molar-refractivity contribution < 1.29 is 22.7 Å². The fourth-order valence-corrected chi connectivity index (χ4v) is 8.05. The van der Waals surface area contributed by atoms with E-state index in [4.69, 9.17) is 16.1 Å². The van der Waals surface area contributed by atoms with Gasteiger partial charge in [0.25, 0.3) is 0 Å². The molecular weight excluding hydrogens is 667 g/mol. The lowest BCUT2D eigenvalue weighted by Crippen LogP contribution is -2.43. The van der Waals surface area contributed by atoms with E-state index in [9.17, 15) is 13.6 Å². The first-order valence-electron chi connectivity index (χ1n) is 17.4. The summed E-state index contributed by atoms with van der Waals surface area (Å²) in [6.07, 6.45) is 13.9. The molecule has 0 N–H and O–H groups in total. The zero-order valence-electron chi connectivity index (χ0n) is 28.6. The van der Waals surface area contributed by atoms with Crippen molar-refractivity contribution in [1.29, 1.82) is 0 Å². The topological polar surface area (TPSA) is 87.6 Å². The van der Waals surface area contributed by atoms with E-state index in [1.165, 1.54) is 18.3 Å². The van der Waals surface area contributed by atoms with Crippen molar-refractivity contribution in [3.63, 3.8) is 0 Å². The molecule has 0 unspecified atom stereocenters. The molecule has 0 saturated carbocycles. The number of hydrogen-bond donors (Lipinski definition) is 0. The Bertz CT molecular complexity index is 2260. The standard InChI is InChI=1S/C40H36F3N7O2/c1-3-29-32(42)13-11-25-8-6-10-30(34(25)29)36-35(43)37-31(21-45-36)38(47-39(46-37)52-24-40-16-7-18-50(40)22-26(41)20-40)48(2)28-15-19-49(23-28)33(51)14-12-27-9-4-5-17-44-27/h1,4-6,8-14,17,21,26,28H,7,15-16,18-20,22-24H2,2H3/b14-12+/t26-,28-,40+/m1/s1. The maximum absolute atomic E-state index is 16.9. The van der Waals surface area contributed by atoms with Gasteiger partial charge >= 0.3 is 6.01 Å². The summed E-state index contributed by atoms with van der Waals surface area (Å²) in [5.74, 6) is 1.32. The van der Waals surface area contributed by atoms with E-state index in [0.717, 1.165) is 19.4 Å². The van der Waals surface area contributed by atoms with Crippen molar-refractivity contribution in [1.82, 2.24) is 29.7 Å². The second kappa shape index (κ2) is 13.5. The molecule has 12 heteroatoms. The van der Waals surface area contributed by atoms with Crippen molar-refractivity contribution in [3.05, 3.63) is 89.9 Å². The number of likely N-dealkylation sites (N-methyl/N-ethyl adjacent to an activating group) is 1. The van der Waals surface area contributed by atoms with E-state index >= 15 is 4.39 Å². The Labute approximate surface area is 299 Å². The number of carbonyl (C=O) groups excluding carboxylic acids is 1. The Kier molecular flexibility index (Phi) is 8.75. The minimum atomic E-state index is -0.945. The van der Waals surface area contributed by atoms with E-state index in [1.54, 1.807) is 41.4 Å². The smallest absolute Gasteiger partial charge is 0.319 e. The van der Waals surface area contributed by atoms with E-state index in [1.807, 2.05) is 30.1 Å². The minimum absolute atomic E-state index is 0.0137. The van der Waals surface area contributed by atoms with Crippen LogP contribution in [0, 0.1) is 24.0 Å². The van der Waals surface area contributed by atoms with Crippen LogP contribution in [-0.2, 0) is 4.79 Å². The van der Waals surface area contributed by atoms with Crippen LogP contribution in [0.25, 0.3) is 39.0 Å². The number of alkyl halides is 1. The summed E-state index contributed by atoms with van der Waals surface area (Å²) in [7, 11) is 1.84. The fraction of sp³-hybridized carbons (Fsp3) is 0.325. The molecule has 3 aromatic heterocycles. The molecule has 3 aliphatic heterocycles. The molecule has 8 rings (SSSR count). The van der Waals surface area contributed by atoms with Gasteiger partial charge in [-0.2, -0.15) is 9.97 Å². The molecule has 264 valence electrons. The lowest BCUT2D eigenvalue weighted by Gasteiger charge is -2.31. The van der Waals surface area contributed by atoms with Crippen molar-refractivity contribution in [2.45, 2.75) is 43.4 Å². The van der Waals surface area contributed by atoms with Gasteiger partial charge in [-0.3, -0.25) is 19.7 Å². The van der Waals surface area contributed by atoms with Gasteiger partial charge in [0, 0.05) is 68.6 Å². The number of terminal acetylenes is 1. The van der Waals surface area contributed by atoms with E-state index < -0.39 is 23.3 Å². The first kappa shape index (κ1) is 33.6. The highest BCUT2D eigenvalue weighted by molar-refractivity contribution is 6.02. The third-order valence-corrected chi connectivity index (χ3v) is 10.7. The summed E-state index contributed by atoms with van der Waals surface area (Å²) in [6.45, 7) is 2.23. The van der Waals surface area contributed by atoms with Gasteiger partial charge in [-0.25, -0.2) is 13.2 Å². The van der Waals surface area contributed by atoms with Crippen LogP contribution in [0.5, 0.6) is 6.01 Å². The molecule has 1 amide bonds. The molecular formula is C40H36F3N7O2. The highest BCUT2D eigenvalue weighted by atomic mass is 19.1. The normalized spacial score (nSPS) is 21.6. The van der Waals surface area contributed by atoms with Gasteiger partial charge < -0.3 is 14.5 Å². The second-order valence-electron chi connectivity index (χ2n) is 13.8. The third-order valence-electron chi connectivity index (χ3n) is 10.7. The van der Waals surface area contributed by atoms with Gasteiger partial charge in [-0.1, -0.05) is 36.3 Å². The van der Waals surface area contributed by atoms with Crippen molar-refractivity contribution in [2.75, 3.05) is 44.7 Å². The molecule has 0 aliphatic carbocycles. The lowest BCUT2D eigenvalue weighted by atomic mass is 9.95. The van der Waals surface area contributed by atoms with E-state index in [0.29, 0.717) is 65.7 Å². The predicted molar refractivity (Wildman–Crippen MR) is 193 cm³/mol. The van der Waals surface area contributed by atoms with Gasteiger partial charge in [0.1, 0.15) is 35.6 Å².